The molecule has 0 bridgehead atoms. The molecular weight excluding hydrogens is 236 g/mol. The van der Waals surface area contributed by atoms with Crippen LogP contribution in [0.1, 0.15) is 73.6 Å². The molecule has 2 atom stereocenters. The molecule has 0 aromatic heterocycles. The quantitative estimate of drug-likeness (QED) is 0.593. The SMILES string of the molecule is CCCCC(O)COCC(C)CC(C)(C)CC(C)C. The second kappa shape index (κ2) is 9.77. The Bertz CT molecular complexity index is 211. The lowest BCUT2D eigenvalue weighted by Crippen LogP contribution is -2.22. The van der Waals surface area contributed by atoms with Crippen LogP contribution in [-0.4, -0.2) is 24.4 Å². The molecule has 0 aliphatic rings. The lowest BCUT2D eigenvalue weighted by molar-refractivity contribution is 0.0122. The molecule has 0 saturated heterocycles. The van der Waals surface area contributed by atoms with E-state index in [0.29, 0.717) is 17.9 Å². The first-order valence-electron chi connectivity index (χ1n) is 8.02. The van der Waals surface area contributed by atoms with Crippen molar-refractivity contribution in [2.45, 2.75) is 79.8 Å². The van der Waals surface area contributed by atoms with Crippen molar-refractivity contribution in [3.05, 3.63) is 0 Å². The van der Waals surface area contributed by atoms with Crippen LogP contribution >= 0.6 is 0 Å². The van der Waals surface area contributed by atoms with Gasteiger partial charge >= 0.3 is 0 Å². The maximum Gasteiger partial charge on any atom is 0.0773 e. The van der Waals surface area contributed by atoms with E-state index >= 15 is 0 Å². The average Bonchev–Trinajstić information content (AvgIpc) is 2.23. The molecule has 0 aliphatic carbocycles. The van der Waals surface area contributed by atoms with Gasteiger partial charge in [-0.05, 0) is 36.5 Å². The molecule has 0 rings (SSSR count). The third-order valence-corrected chi connectivity index (χ3v) is 3.47. The molecule has 0 fully saturated rings. The highest BCUT2D eigenvalue weighted by Crippen LogP contribution is 2.32. The number of unbranched alkanes of at least 4 members (excludes halogenated alkanes) is 1. The van der Waals surface area contributed by atoms with Crippen molar-refractivity contribution in [1.82, 2.24) is 0 Å². The van der Waals surface area contributed by atoms with E-state index in [2.05, 4.69) is 41.5 Å². The maximum atomic E-state index is 9.72. The monoisotopic (exact) mass is 272 g/mol. The predicted octanol–water partition coefficient (Wildman–Crippen LogP) is 4.65. The van der Waals surface area contributed by atoms with Crippen molar-refractivity contribution >= 4 is 0 Å². The normalized spacial score (nSPS) is 15.8. The molecule has 116 valence electrons. The molecule has 19 heavy (non-hydrogen) atoms. The molecule has 2 nitrogen and oxygen atoms in total. The van der Waals surface area contributed by atoms with E-state index in [-0.39, 0.29) is 6.10 Å². The summed E-state index contributed by atoms with van der Waals surface area (Å²) in [5, 5.41) is 9.72. The van der Waals surface area contributed by atoms with E-state index in [9.17, 15) is 5.11 Å². The second-order valence-corrected chi connectivity index (χ2v) is 7.40. The zero-order valence-electron chi connectivity index (χ0n) is 14.0. The van der Waals surface area contributed by atoms with Gasteiger partial charge < -0.3 is 9.84 Å². The van der Waals surface area contributed by atoms with Gasteiger partial charge in [-0.1, -0.05) is 54.4 Å². The number of hydrogen-bond acceptors (Lipinski definition) is 2. The fourth-order valence-electron chi connectivity index (χ4n) is 3.12. The summed E-state index contributed by atoms with van der Waals surface area (Å²) >= 11 is 0. The van der Waals surface area contributed by atoms with E-state index in [4.69, 9.17) is 4.74 Å². The van der Waals surface area contributed by atoms with Gasteiger partial charge in [0.15, 0.2) is 0 Å². The Balaban J connectivity index is 3.77. The van der Waals surface area contributed by atoms with Gasteiger partial charge in [0, 0.05) is 6.61 Å². The molecule has 1 N–H and O–H groups in total. The van der Waals surface area contributed by atoms with Gasteiger partial charge in [-0.25, -0.2) is 0 Å². The van der Waals surface area contributed by atoms with E-state index in [0.717, 1.165) is 31.8 Å². The van der Waals surface area contributed by atoms with E-state index in [1.165, 1.54) is 12.8 Å². The fraction of sp³-hybridized carbons (Fsp3) is 1.00. The Morgan fingerprint density at radius 1 is 1.05 bits per heavy atom. The number of rotatable bonds is 11. The highest BCUT2D eigenvalue weighted by atomic mass is 16.5. The van der Waals surface area contributed by atoms with Crippen molar-refractivity contribution < 1.29 is 9.84 Å². The standard InChI is InChI=1S/C17H36O2/c1-7-8-9-16(18)13-19-12-15(4)11-17(5,6)10-14(2)3/h14-16,18H,7-13H2,1-6H3. The minimum absolute atomic E-state index is 0.282. The molecule has 0 spiro atoms. The Labute approximate surface area is 120 Å². The molecule has 0 radical (unpaired) electrons. The molecular formula is C17H36O2. The minimum atomic E-state index is -0.282. The Hall–Kier alpha value is -0.0800. The summed E-state index contributed by atoms with van der Waals surface area (Å²) in [6.45, 7) is 14.9. The van der Waals surface area contributed by atoms with Gasteiger partial charge in [-0.15, -0.1) is 0 Å². The zero-order valence-corrected chi connectivity index (χ0v) is 14.0. The number of aliphatic hydroxyl groups is 1. The van der Waals surface area contributed by atoms with Crippen LogP contribution in [0.25, 0.3) is 0 Å². The van der Waals surface area contributed by atoms with Gasteiger partial charge in [0.2, 0.25) is 0 Å². The molecule has 2 heteroatoms. The summed E-state index contributed by atoms with van der Waals surface area (Å²) in [5.41, 5.74) is 0.387. The first-order chi connectivity index (χ1) is 8.76. The molecule has 0 saturated carbocycles. The van der Waals surface area contributed by atoms with Crippen LogP contribution in [0, 0.1) is 17.3 Å². The molecule has 0 aromatic rings. The van der Waals surface area contributed by atoms with E-state index < -0.39 is 0 Å². The van der Waals surface area contributed by atoms with Crippen LogP contribution in [0.5, 0.6) is 0 Å². The molecule has 2 unspecified atom stereocenters. The Morgan fingerprint density at radius 2 is 1.68 bits per heavy atom. The van der Waals surface area contributed by atoms with Crippen LogP contribution in [0.3, 0.4) is 0 Å². The summed E-state index contributed by atoms with van der Waals surface area (Å²) < 4.78 is 5.66. The smallest absolute Gasteiger partial charge is 0.0773 e. The summed E-state index contributed by atoms with van der Waals surface area (Å²) in [6, 6.07) is 0. The lowest BCUT2D eigenvalue weighted by atomic mass is 9.77. The van der Waals surface area contributed by atoms with Crippen molar-refractivity contribution in [3.8, 4) is 0 Å². The molecule has 0 aliphatic heterocycles. The highest BCUT2D eigenvalue weighted by Gasteiger charge is 2.22. The second-order valence-electron chi connectivity index (χ2n) is 7.40. The van der Waals surface area contributed by atoms with Crippen molar-refractivity contribution in [2.24, 2.45) is 17.3 Å². The van der Waals surface area contributed by atoms with E-state index in [1.54, 1.807) is 0 Å². The first kappa shape index (κ1) is 18.9. The first-order valence-corrected chi connectivity index (χ1v) is 8.02. The largest absolute Gasteiger partial charge is 0.391 e. The number of ether oxygens (including phenoxy) is 1. The van der Waals surface area contributed by atoms with Crippen LogP contribution in [0.2, 0.25) is 0 Å². The van der Waals surface area contributed by atoms with Gasteiger partial charge in [0.1, 0.15) is 0 Å². The van der Waals surface area contributed by atoms with Gasteiger partial charge in [0.25, 0.3) is 0 Å². The van der Waals surface area contributed by atoms with Gasteiger partial charge in [-0.3, -0.25) is 0 Å². The third-order valence-electron chi connectivity index (χ3n) is 3.47. The average molecular weight is 272 g/mol. The van der Waals surface area contributed by atoms with Crippen molar-refractivity contribution in [2.75, 3.05) is 13.2 Å². The zero-order chi connectivity index (χ0) is 14.9. The van der Waals surface area contributed by atoms with Crippen molar-refractivity contribution in [1.29, 1.82) is 0 Å². The van der Waals surface area contributed by atoms with Crippen molar-refractivity contribution in [3.63, 3.8) is 0 Å². The van der Waals surface area contributed by atoms with Crippen LogP contribution in [0.15, 0.2) is 0 Å². The summed E-state index contributed by atoms with van der Waals surface area (Å²) in [4.78, 5) is 0. The maximum absolute atomic E-state index is 9.72. The number of aliphatic hydroxyl groups excluding tert-OH is 1. The highest BCUT2D eigenvalue weighted by molar-refractivity contribution is 4.73. The summed E-state index contributed by atoms with van der Waals surface area (Å²) in [5.74, 6) is 1.31. The van der Waals surface area contributed by atoms with E-state index in [1.807, 2.05) is 0 Å². The molecule has 0 amide bonds. The minimum Gasteiger partial charge on any atom is -0.391 e. The predicted molar refractivity (Wildman–Crippen MR) is 83.4 cm³/mol. The third kappa shape index (κ3) is 11.4. The lowest BCUT2D eigenvalue weighted by Gasteiger charge is -2.30. The Kier molecular flexibility index (Phi) is 9.72. The van der Waals surface area contributed by atoms with Crippen LogP contribution < -0.4 is 0 Å². The van der Waals surface area contributed by atoms with Gasteiger partial charge in [-0.2, -0.15) is 0 Å². The summed E-state index contributed by atoms with van der Waals surface area (Å²) in [6.07, 6.45) is 5.25. The Morgan fingerprint density at radius 3 is 2.21 bits per heavy atom. The fourth-order valence-corrected chi connectivity index (χ4v) is 3.12. The van der Waals surface area contributed by atoms with Crippen LogP contribution in [0.4, 0.5) is 0 Å². The number of hydrogen-bond donors (Lipinski definition) is 1. The topological polar surface area (TPSA) is 29.5 Å². The summed E-state index contributed by atoms with van der Waals surface area (Å²) in [7, 11) is 0. The van der Waals surface area contributed by atoms with Gasteiger partial charge in [0.05, 0.1) is 12.7 Å². The molecule has 0 aromatic carbocycles. The van der Waals surface area contributed by atoms with Crippen LogP contribution in [-0.2, 0) is 4.74 Å². The molecule has 0 heterocycles.